The highest BCUT2D eigenvalue weighted by Crippen LogP contribution is 2.23. The zero-order valence-corrected chi connectivity index (χ0v) is 13.4. The summed E-state index contributed by atoms with van der Waals surface area (Å²) in [5.74, 6) is -0.404. The number of halogens is 2. The molecule has 0 fully saturated rings. The fourth-order valence-corrected chi connectivity index (χ4v) is 2.75. The van der Waals surface area contributed by atoms with Crippen molar-refractivity contribution in [3.63, 3.8) is 0 Å². The van der Waals surface area contributed by atoms with E-state index in [4.69, 9.17) is 11.6 Å². The molecule has 112 valence electrons. The molecule has 0 aliphatic heterocycles. The zero-order chi connectivity index (χ0) is 15.4. The Bertz CT molecular complexity index is 682. The van der Waals surface area contributed by atoms with E-state index in [-0.39, 0.29) is 12.0 Å². The first-order valence-corrected chi connectivity index (χ1v) is 8.26. The van der Waals surface area contributed by atoms with Crippen LogP contribution in [0.25, 0.3) is 0 Å². The minimum atomic E-state index is -0.404. The number of aromatic nitrogens is 2. The quantitative estimate of drug-likeness (QED) is 0.671. The van der Waals surface area contributed by atoms with Crippen LogP contribution in [0.1, 0.15) is 30.2 Å². The van der Waals surface area contributed by atoms with Gasteiger partial charge in [0.05, 0.1) is 5.69 Å². The molecule has 0 aliphatic rings. The van der Waals surface area contributed by atoms with E-state index in [0.29, 0.717) is 33.4 Å². The monoisotopic (exact) mass is 326 g/mol. The molecule has 6 heteroatoms. The molecule has 0 amide bonds. The van der Waals surface area contributed by atoms with Crippen LogP contribution >= 0.6 is 23.4 Å². The summed E-state index contributed by atoms with van der Waals surface area (Å²) < 4.78 is 13.9. The number of benzene rings is 1. The van der Waals surface area contributed by atoms with Gasteiger partial charge >= 0.3 is 0 Å². The molecule has 0 saturated carbocycles. The van der Waals surface area contributed by atoms with Crippen LogP contribution in [-0.2, 0) is 12.8 Å². The van der Waals surface area contributed by atoms with E-state index < -0.39 is 5.82 Å². The van der Waals surface area contributed by atoms with Crippen LogP contribution in [0, 0.1) is 5.82 Å². The van der Waals surface area contributed by atoms with Gasteiger partial charge in [0.25, 0.3) is 5.56 Å². The van der Waals surface area contributed by atoms with Gasteiger partial charge in [-0.25, -0.2) is 9.37 Å². The Morgan fingerprint density at radius 3 is 2.76 bits per heavy atom. The van der Waals surface area contributed by atoms with E-state index in [2.05, 4.69) is 9.97 Å². The molecule has 1 N–H and O–H groups in total. The number of aromatic amines is 1. The predicted molar refractivity (Wildman–Crippen MR) is 84.8 cm³/mol. The van der Waals surface area contributed by atoms with Crippen molar-refractivity contribution in [2.24, 2.45) is 0 Å². The normalized spacial score (nSPS) is 10.9. The Labute approximate surface area is 132 Å². The third kappa shape index (κ3) is 3.66. The predicted octanol–water partition coefficient (Wildman–Crippen LogP) is 3.83. The number of thioether (sulfide) groups is 1. The Morgan fingerprint density at radius 1 is 1.38 bits per heavy atom. The number of hydrogen-bond acceptors (Lipinski definition) is 3. The van der Waals surface area contributed by atoms with Crippen molar-refractivity contribution in [3.8, 4) is 0 Å². The second kappa shape index (κ2) is 7.09. The molecule has 0 unspecified atom stereocenters. The van der Waals surface area contributed by atoms with Crippen molar-refractivity contribution < 1.29 is 4.39 Å². The Kier molecular flexibility index (Phi) is 5.42. The van der Waals surface area contributed by atoms with Gasteiger partial charge in [0, 0.05) is 22.6 Å². The fourth-order valence-electron chi connectivity index (χ4n) is 2.12. The molecule has 0 atom stereocenters. The summed E-state index contributed by atoms with van der Waals surface area (Å²) >= 11 is 7.42. The van der Waals surface area contributed by atoms with Crippen molar-refractivity contribution in [2.75, 3.05) is 6.26 Å². The molecule has 2 aromatic rings. The standard InChI is InChI=1S/C15H16ClFN2OS/c1-3-5-13-10(14(20)19-15(18-13)21-2)8-9-11(16)6-4-7-12(9)17/h4,6-7H,3,5,8H2,1-2H3,(H,18,19,20). The second-order valence-electron chi connectivity index (χ2n) is 4.63. The molecule has 0 spiro atoms. The second-order valence-corrected chi connectivity index (χ2v) is 5.83. The highest BCUT2D eigenvalue weighted by Gasteiger charge is 2.15. The minimum Gasteiger partial charge on any atom is -0.301 e. The lowest BCUT2D eigenvalue weighted by molar-refractivity contribution is 0.612. The summed E-state index contributed by atoms with van der Waals surface area (Å²) in [6, 6.07) is 4.52. The average Bonchev–Trinajstić information content (AvgIpc) is 2.45. The zero-order valence-electron chi connectivity index (χ0n) is 11.9. The lowest BCUT2D eigenvalue weighted by Crippen LogP contribution is -2.19. The van der Waals surface area contributed by atoms with Crippen LogP contribution in [0.2, 0.25) is 5.02 Å². The Morgan fingerprint density at radius 2 is 2.14 bits per heavy atom. The van der Waals surface area contributed by atoms with Crippen molar-refractivity contribution >= 4 is 23.4 Å². The van der Waals surface area contributed by atoms with E-state index in [1.165, 1.54) is 17.8 Å². The number of aryl methyl sites for hydroxylation is 1. The van der Waals surface area contributed by atoms with Crippen molar-refractivity contribution in [3.05, 3.63) is 56.2 Å². The van der Waals surface area contributed by atoms with E-state index in [1.807, 2.05) is 13.2 Å². The molecule has 0 saturated heterocycles. The van der Waals surface area contributed by atoms with Gasteiger partial charge in [0.15, 0.2) is 5.16 Å². The smallest absolute Gasteiger partial charge is 0.255 e. The highest BCUT2D eigenvalue weighted by molar-refractivity contribution is 7.98. The SMILES string of the molecule is CCCc1nc(SC)[nH]c(=O)c1Cc1c(F)cccc1Cl. The lowest BCUT2D eigenvalue weighted by Gasteiger charge is -2.10. The van der Waals surface area contributed by atoms with E-state index in [0.717, 1.165) is 6.42 Å². The minimum absolute atomic E-state index is 0.151. The summed E-state index contributed by atoms with van der Waals surface area (Å²) in [7, 11) is 0. The van der Waals surface area contributed by atoms with Gasteiger partial charge in [-0.2, -0.15) is 0 Å². The molecule has 3 nitrogen and oxygen atoms in total. The molecule has 0 aliphatic carbocycles. The molecule has 1 aromatic carbocycles. The van der Waals surface area contributed by atoms with Crippen LogP contribution in [0.5, 0.6) is 0 Å². The van der Waals surface area contributed by atoms with Crippen molar-refractivity contribution in [2.45, 2.75) is 31.3 Å². The van der Waals surface area contributed by atoms with Gasteiger partial charge in [0.1, 0.15) is 5.82 Å². The van der Waals surface area contributed by atoms with Gasteiger partial charge < -0.3 is 4.98 Å². The molecule has 1 aromatic heterocycles. The van der Waals surface area contributed by atoms with Gasteiger partial charge in [-0.3, -0.25) is 4.79 Å². The molecule has 0 radical (unpaired) electrons. The number of hydrogen-bond donors (Lipinski definition) is 1. The highest BCUT2D eigenvalue weighted by atomic mass is 35.5. The first-order chi connectivity index (χ1) is 10.1. The summed E-state index contributed by atoms with van der Waals surface area (Å²) in [5, 5.41) is 0.901. The van der Waals surface area contributed by atoms with Gasteiger partial charge in [-0.05, 0) is 24.8 Å². The topological polar surface area (TPSA) is 45.8 Å². The van der Waals surface area contributed by atoms with Gasteiger partial charge in [-0.15, -0.1) is 0 Å². The van der Waals surface area contributed by atoms with Crippen molar-refractivity contribution in [1.29, 1.82) is 0 Å². The van der Waals surface area contributed by atoms with Crippen LogP contribution < -0.4 is 5.56 Å². The van der Waals surface area contributed by atoms with Crippen LogP contribution in [0.15, 0.2) is 28.2 Å². The van der Waals surface area contributed by atoms with Gasteiger partial charge in [-0.1, -0.05) is 42.8 Å². The van der Waals surface area contributed by atoms with Crippen LogP contribution in [-0.4, -0.2) is 16.2 Å². The molecular formula is C15H16ClFN2OS. The maximum atomic E-state index is 13.9. The average molecular weight is 327 g/mol. The maximum Gasteiger partial charge on any atom is 0.255 e. The molecule has 2 rings (SSSR count). The summed E-state index contributed by atoms with van der Waals surface area (Å²) in [5.41, 5.74) is 1.31. The summed E-state index contributed by atoms with van der Waals surface area (Å²) in [6.45, 7) is 2.02. The van der Waals surface area contributed by atoms with E-state index in [9.17, 15) is 9.18 Å². The number of H-pyrrole nitrogens is 1. The fraction of sp³-hybridized carbons (Fsp3) is 0.333. The maximum absolute atomic E-state index is 13.9. The van der Waals surface area contributed by atoms with E-state index in [1.54, 1.807) is 12.1 Å². The third-order valence-electron chi connectivity index (χ3n) is 3.17. The Balaban J connectivity index is 2.50. The summed E-state index contributed by atoms with van der Waals surface area (Å²) in [4.78, 5) is 19.4. The van der Waals surface area contributed by atoms with Crippen LogP contribution in [0.4, 0.5) is 4.39 Å². The van der Waals surface area contributed by atoms with E-state index >= 15 is 0 Å². The van der Waals surface area contributed by atoms with Crippen molar-refractivity contribution in [1.82, 2.24) is 9.97 Å². The summed E-state index contributed by atoms with van der Waals surface area (Å²) in [6.07, 6.45) is 3.54. The van der Waals surface area contributed by atoms with Gasteiger partial charge in [0.2, 0.25) is 0 Å². The molecule has 0 bridgehead atoms. The number of nitrogens with zero attached hydrogens (tertiary/aromatic N) is 1. The Hall–Kier alpha value is -1.33. The first kappa shape index (κ1) is 16.0. The lowest BCUT2D eigenvalue weighted by atomic mass is 10.0. The molecule has 21 heavy (non-hydrogen) atoms. The van der Waals surface area contributed by atoms with Crippen LogP contribution in [0.3, 0.4) is 0 Å². The number of nitrogens with one attached hydrogen (secondary N) is 1. The molecule has 1 heterocycles. The largest absolute Gasteiger partial charge is 0.301 e. The molecular weight excluding hydrogens is 311 g/mol. The third-order valence-corrected chi connectivity index (χ3v) is 4.11. The first-order valence-electron chi connectivity index (χ1n) is 6.65. The number of rotatable bonds is 5.